The van der Waals surface area contributed by atoms with Crippen LogP contribution in [-0.2, 0) is 4.79 Å². The first-order valence-corrected chi connectivity index (χ1v) is 13.8. The Morgan fingerprint density at radius 2 is 1.82 bits per heavy atom. The minimum absolute atomic E-state index is 0.326. The fourth-order valence-electron chi connectivity index (χ4n) is 4.83. The predicted molar refractivity (Wildman–Crippen MR) is 153 cm³/mol. The van der Waals surface area contributed by atoms with Gasteiger partial charge in [0.2, 0.25) is 11.8 Å². The van der Waals surface area contributed by atoms with Crippen LogP contribution in [0.2, 0.25) is 0 Å². The van der Waals surface area contributed by atoms with Crippen LogP contribution in [0.1, 0.15) is 33.1 Å². The second kappa shape index (κ2) is 11.4. The lowest BCUT2D eigenvalue weighted by Crippen LogP contribution is -2.44. The van der Waals surface area contributed by atoms with Crippen LogP contribution in [0.25, 0.3) is 32.6 Å². The summed E-state index contributed by atoms with van der Waals surface area (Å²) in [5.74, 6) is 0.269. The number of thiazole rings is 1. The summed E-state index contributed by atoms with van der Waals surface area (Å²) < 4.78 is 6.15. The number of carboxylic acid groups (broad SMARTS) is 1. The molecule has 3 N–H and O–H groups in total. The molecule has 4 heterocycles. The molecule has 12 nitrogen and oxygen atoms in total. The minimum Gasteiger partial charge on any atom is -0.481 e. The maximum absolute atomic E-state index is 12.1. The molecule has 1 fully saturated rings. The Morgan fingerprint density at radius 1 is 1.07 bits per heavy atom. The van der Waals surface area contributed by atoms with E-state index in [1.165, 1.54) is 17.7 Å². The molecule has 0 bridgehead atoms. The highest BCUT2D eigenvalue weighted by atomic mass is 32.1. The van der Waals surface area contributed by atoms with Crippen molar-refractivity contribution >= 4 is 44.6 Å². The van der Waals surface area contributed by atoms with Gasteiger partial charge in [0.25, 0.3) is 0 Å². The van der Waals surface area contributed by atoms with Crippen LogP contribution < -0.4 is 20.3 Å². The van der Waals surface area contributed by atoms with Crippen LogP contribution in [0.4, 0.5) is 15.9 Å². The summed E-state index contributed by atoms with van der Waals surface area (Å²) in [6.07, 6.45) is 6.68. The van der Waals surface area contributed by atoms with Crippen molar-refractivity contribution in [2.24, 2.45) is 5.41 Å². The first-order chi connectivity index (χ1) is 19.4. The lowest BCUT2D eigenvalue weighted by atomic mass is 9.76. The van der Waals surface area contributed by atoms with Gasteiger partial charge >= 0.3 is 12.0 Å². The zero-order chi connectivity index (χ0) is 28.3. The second-order valence-electron chi connectivity index (χ2n) is 9.52. The van der Waals surface area contributed by atoms with Crippen molar-refractivity contribution in [2.75, 3.05) is 37.0 Å². The van der Waals surface area contributed by atoms with Gasteiger partial charge in [-0.05, 0) is 43.9 Å². The zero-order valence-electron chi connectivity index (χ0n) is 22.5. The molecule has 1 saturated heterocycles. The average molecular weight is 563 g/mol. The number of hydrogen-bond acceptors (Lipinski definition) is 10. The van der Waals surface area contributed by atoms with Crippen LogP contribution in [-0.4, -0.2) is 68.8 Å². The number of fused-ring (bicyclic) bond motifs is 1. The Labute approximate surface area is 234 Å². The number of piperidine rings is 1. The molecule has 0 atom stereocenters. The summed E-state index contributed by atoms with van der Waals surface area (Å²) in [7, 11) is 1.55. The lowest BCUT2D eigenvalue weighted by Gasteiger charge is -2.38. The molecule has 1 aromatic carbocycles. The number of rotatable bonds is 8. The summed E-state index contributed by atoms with van der Waals surface area (Å²) in [4.78, 5) is 48.4. The molecule has 3 aromatic heterocycles. The molecule has 1 aliphatic heterocycles. The molecule has 0 spiro atoms. The number of ether oxygens (including phenoxy) is 1. The van der Waals surface area contributed by atoms with Gasteiger partial charge in [-0.1, -0.05) is 18.3 Å². The van der Waals surface area contributed by atoms with E-state index < -0.39 is 11.4 Å². The quantitative estimate of drug-likeness (QED) is 0.281. The standard InChI is InChI=1S/C27H30N8O4S/c1-4-27(23(36)37)6-8-35(9-7-27)24-29-13-17(14-30-24)16-10-18(19-12-21(39-3)32-15-31-19)22-20(11-16)33-26(40-22)34-25(38)28-5-2/h10-15H,4-9H2,1-3H3,(H,36,37)(H2,28,33,34,38). The van der Waals surface area contributed by atoms with E-state index in [4.69, 9.17) is 4.74 Å². The molecule has 0 radical (unpaired) electrons. The number of urea groups is 1. The van der Waals surface area contributed by atoms with Crippen LogP contribution in [0.15, 0.2) is 36.9 Å². The van der Waals surface area contributed by atoms with Crippen molar-refractivity contribution in [3.8, 4) is 28.3 Å². The Bertz CT molecular complexity index is 1530. The highest BCUT2D eigenvalue weighted by Gasteiger charge is 2.40. The fourth-order valence-corrected chi connectivity index (χ4v) is 5.79. The molecule has 5 rings (SSSR count). The number of amides is 2. The number of carbonyl (C=O) groups is 2. The van der Waals surface area contributed by atoms with E-state index in [1.807, 2.05) is 30.9 Å². The first kappa shape index (κ1) is 27.2. The van der Waals surface area contributed by atoms with E-state index in [1.54, 1.807) is 25.6 Å². The van der Waals surface area contributed by atoms with Crippen LogP contribution in [0, 0.1) is 5.41 Å². The van der Waals surface area contributed by atoms with E-state index in [2.05, 4.69) is 35.6 Å². The number of nitrogens with one attached hydrogen (secondary N) is 2. The van der Waals surface area contributed by atoms with Gasteiger partial charge in [0.1, 0.15) is 6.33 Å². The number of methoxy groups -OCH3 is 1. The van der Waals surface area contributed by atoms with Crippen LogP contribution in [0.5, 0.6) is 5.88 Å². The Morgan fingerprint density at radius 3 is 2.48 bits per heavy atom. The third-order valence-electron chi connectivity index (χ3n) is 7.28. The number of aromatic nitrogens is 5. The van der Waals surface area contributed by atoms with Crippen molar-refractivity contribution < 1.29 is 19.4 Å². The van der Waals surface area contributed by atoms with Crippen molar-refractivity contribution in [1.29, 1.82) is 0 Å². The Kier molecular flexibility index (Phi) is 7.74. The van der Waals surface area contributed by atoms with Gasteiger partial charge in [0.15, 0.2) is 5.13 Å². The van der Waals surface area contributed by atoms with Crippen LogP contribution >= 0.6 is 11.3 Å². The largest absolute Gasteiger partial charge is 0.481 e. The highest BCUT2D eigenvalue weighted by molar-refractivity contribution is 7.22. The molecule has 208 valence electrons. The van der Waals surface area contributed by atoms with Crippen LogP contribution in [0.3, 0.4) is 0 Å². The van der Waals surface area contributed by atoms with E-state index in [9.17, 15) is 14.7 Å². The molecular formula is C27H30N8O4S. The molecule has 40 heavy (non-hydrogen) atoms. The van der Waals surface area contributed by atoms with Gasteiger partial charge in [-0.2, -0.15) is 0 Å². The third-order valence-corrected chi connectivity index (χ3v) is 8.30. The number of carboxylic acids is 1. The van der Waals surface area contributed by atoms with Gasteiger partial charge in [-0.25, -0.2) is 29.7 Å². The van der Waals surface area contributed by atoms with E-state index in [0.717, 1.165) is 21.4 Å². The summed E-state index contributed by atoms with van der Waals surface area (Å²) in [5.41, 5.74) is 3.08. The monoisotopic (exact) mass is 562 g/mol. The molecule has 0 aliphatic carbocycles. The van der Waals surface area contributed by atoms with Gasteiger partial charge in [-0.15, -0.1) is 0 Å². The predicted octanol–water partition coefficient (Wildman–Crippen LogP) is 4.44. The van der Waals surface area contributed by atoms with Gasteiger partial charge in [-0.3, -0.25) is 10.1 Å². The fraction of sp³-hybridized carbons (Fsp3) is 0.370. The summed E-state index contributed by atoms with van der Waals surface area (Å²) in [5, 5.41) is 15.7. The van der Waals surface area contributed by atoms with Crippen molar-refractivity contribution in [3.05, 3.63) is 36.9 Å². The summed E-state index contributed by atoms with van der Waals surface area (Å²) in [6, 6.07) is 5.34. The first-order valence-electron chi connectivity index (χ1n) is 13.0. The van der Waals surface area contributed by atoms with Crippen molar-refractivity contribution in [2.45, 2.75) is 33.1 Å². The number of aliphatic carboxylic acids is 1. The normalized spacial score (nSPS) is 14.6. The molecule has 2 amide bonds. The molecule has 1 aliphatic rings. The SMILES string of the molecule is CCNC(=O)Nc1nc2cc(-c3cnc(N4CCC(CC)(C(=O)O)CC4)nc3)cc(-c3cc(OC)ncn3)c2s1. The van der Waals surface area contributed by atoms with Crippen molar-refractivity contribution in [1.82, 2.24) is 30.2 Å². The minimum atomic E-state index is -0.732. The topological polar surface area (TPSA) is 155 Å². The highest BCUT2D eigenvalue weighted by Crippen LogP contribution is 2.39. The average Bonchev–Trinajstić information content (AvgIpc) is 3.39. The van der Waals surface area contributed by atoms with E-state index in [0.29, 0.717) is 67.1 Å². The number of carbonyl (C=O) groups excluding carboxylic acids is 1. The summed E-state index contributed by atoms with van der Waals surface area (Å²) in [6.45, 7) is 5.45. The maximum atomic E-state index is 12.1. The Balaban J connectivity index is 1.48. The maximum Gasteiger partial charge on any atom is 0.321 e. The van der Waals surface area contributed by atoms with Crippen molar-refractivity contribution in [3.63, 3.8) is 0 Å². The molecule has 0 saturated carbocycles. The van der Waals surface area contributed by atoms with E-state index in [-0.39, 0.29) is 6.03 Å². The summed E-state index contributed by atoms with van der Waals surface area (Å²) >= 11 is 1.35. The zero-order valence-corrected chi connectivity index (χ0v) is 23.3. The molecular weight excluding hydrogens is 532 g/mol. The number of benzene rings is 1. The van der Waals surface area contributed by atoms with Gasteiger partial charge < -0.3 is 20.1 Å². The molecule has 13 heteroatoms. The number of nitrogens with zero attached hydrogens (tertiary/aromatic N) is 6. The second-order valence-corrected chi connectivity index (χ2v) is 10.5. The number of anilines is 2. The van der Waals surface area contributed by atoms with E-state index >= 15 is 0 Å². The van der Waals surface area contributed by atoms with Gasteiger partial charge in [0, 0.05) is 49.2 Å². The number of hydrogen-bond donors (Lipinski definition) is 3. The van der Waals surface area contributed by atoms with Gasteiger partial charge in [0.05, 0.1) is 28.4 Å². The molecule has 4 aromatic rings. The molecule has 0 unspecified atom stereocenters. The third kappa shape index (κ3) is 5.37. The smallest absolute Gasteiger partial charge is 0.321 e. The Hall–Kier alpha value is -4.39. The lowest BCUT2D eigenvalue weighted by molar-refractivity contribution is -0.150.